The first-order chi connectivity index (χ1) is 13.9. The quantitative estimate of drug-likeness (QED) is 0.444. The summed E-state index contributed by atoms with van der Waals surface area (Å²) in [6.45, 7) is 3.61. The number of carboxylic acids is 2. The fraction of sp³-hybridized carbons (Fsp3) is 0.0833. The topological polar surface area (TPSA) is 100 Å². The van der Waals surface area contributed by atoms with Crippen LogP contribution in [0.4, 0.5) is 0 Å². The first-order valence-electron chi connectivity index (χ1n) is 8.76. The van der Waals surface area contributed by atoms with Crippen LogP contribution in [0.15, 0.2) is 103 Å². The van der Waals surface area contributed by atoms with Crippen molar-refractivity contribution in [2.24, 2.45) is 0 Å². The minimum atomic E-state index is -1.16. The third-order valence-corrected chi connectivity index (χ3v) is 3.06. The van der Waals surface area contributed by atoms with Crippen molar-refractivity contribution < 1.29 is 24.9 Å². The molecule has 0 fully saturated rings. The van der Waals surface area contributed by atoms with Crippen molar-refractivity contribution in [3.05, 3.63) is 103 Å². The summed E-state index contributed by atoms with van der Waals surface area (Å²) in [5, 5.41) is 28.8. The molecule has 30 heavy (non-hydrogen) atoms. The van der Waals surface area contributed by atoms with Crippen molar-refractivity contribution in [2.45, 2.75) is 13.8 Å². The molecule has 0 atom stereocenters. The first kappa shape index (κ1) is 29.6. The van der Waals surface area contributed by atoms with E-state index in [4.69, 9.17) is 0 Å². The third-order valence-electron chi connectivity index (χ3n) is 3.06. The number of phenols is 1. The molecule has 0 unspecified atom stereocenters. The van der Waals surface area contributed by atoms with Crippen molar-refractivity contribution in [1.29, 1.82) is 0 Å². The zero-order chi connectivity index (χ0) is 21.9. The Morgan fingerprint density at radius 2 is 1.17 bits per heavy atom. The van der Waals surface area contributed by atoms with E-state index in [0.717, 1.165) is 23.3 Å². The number of aromatic hydroxyl groups is 1. The maximum atomic E-state index is 9.64. The summed E-state index contributed by atoms with van der Waals surface area (Å²) in [6, 6.07) is 17.2. The van der Waals surface area contributed by atoms with Gasteiger partial charge >= 0.3 is 37.7 Å². The number of rotatable bonds is 5. The monoisotopic (exact) mass is 432 g/mol. The number of carboxylic acid groups (broad SMARTS) is 2. The van der Waals surface area contributed by atoms with Gasteiger partial charge in [-0.1, -0.05) is 85.0 Å². The molecule has 0 saturated carbocycles. The van der Waals surface area contributed by atoms with Gasteiger partial charge in [0.2, 0.25) is 0 Å². The number of phenolic OH excluding ortho intramolecular Hbond substituents is 1. The number of allylic oxidation sites excluding steroid dienone is 6. The molecule has 0 aliphatic rings. The maximum Gasteiger partial charge on any atom is 2.00 e. The van der Waals surface area contributed by atoms with Crippen LogP contribution >= 0.6 is 0 Å². The Hall–Kier alpha value is -2.60. The number of carbonyl (C=O) groups excluding carboxylic acids is 2. The van der Waals surface area contributed by atoms with E-state index in [-0.39, 0.29) is 37.7 Å². The fourth-order valence-electron chi connectivity index (χ4n) is 1.83. The minimum absolute atomic E-state index is 0. The second kappa shape index (κ2) is 19.7. The van der Waals surface area contributed by atoms with Crippen molar-refractivity contribution in [1.82, 2.24) is 0 Å². The van der Waals surface area contributed by atoms with Crippen LogP contribution in [0.1, 0.15) is 13.8 Å². The first-order valence-corrected chi connectivity index (χ1v) is 8.76. The molecule has 0 aliphatic carbocycles. The molecule has 6 heteroatoms. The second-order valence-corrected chi connectivity index (χ2v) is 5.29. The molecule has 2 aromatic rings. The smallest absolute Gasteiger partial charge is 0.545 e. The average Bonchev–Trinajstić information content (AvgIpc) is 2.70. The van der Waals surface area contributed by atoms with Gasteiger partial charge in [0, 0.05) is 5.56 Å². The van der Waals surface area contributed by atoms with Gasteiger partial charge < -0.3 is 24.9 Å². The van der Waals surface area contributed by atoms with Crippen LogP contribution in [0, 0.1) is 0 Å². The molecular formula is C24H24CaO5. The van der Waals surface area contributed by atoms with Crippen molar-refractivity contribution >= 4 is 49.7 Å². The van der Waals surface area contributed by atoms with E-state index in [1.54, 1.807) is 44.2 Å². The van der Waals surface area contributed by atoms with Gasteiger partial charge in [-0.2, -0.15) is 0 Å². The standard InChI is InChI=1S/C12H10O.2C6H8O2.Ca/c13-12-9-5-4-8-11(12)10-6-2-1-3-7-10;2*1-2-3-4-5-6(7)8;/h1-9,13H;2*2-5H,1H3,(H,7,8);/q;;;+2/p-2. The van der Waals surface area contributed by atoms with E-state index < -0.39 is 11.9 Å². The Balaban J connectivity index is 0. The van der Waals surface area contributed by atoms with Gasteiger partial charge in [-0.05, 0) is 37.6 Å². The molecule has 5 nitrogen and oxygen atoms in total. The van der Waals surface area contributed by atoms with E-state index in [9.17, 15) is 24.9 Å². The fourth-order valence-corrected chi connectivity index (χ4v) is 1.83. The predicted molar refractivity (Wildman–Crippen MR) is 117 cm³/mol. The summed E-state index contributed by atoms with van der Waals surface area (Å²) in [7, 11) is 0. The molecule has 0 heterocycles. The molecule has 0 bridgehead atoms. The van der Waals surface area contributed by atoms with Gasteiger partial charge in [-0.15, -0.1) is 0 Å². The second-order valence-electron chi connectivity index (χ2n) is 5.29. The molecule has 152 valence electrons. The Morgan fingerprint density at radius 1 is 0.733 bits per heavy atom. The number of para-hydroxylation sites is 1. The molecule has 2 aromatic carbocycles. The number of carbonyl (C=O) groups is 2. The minimum Gasteiger partial charge on any atom is -0.545 e. The van der Waals surface area contributed by atoms with E-state index in [0.29, 0.717) is 5.75 Å². The summed E-state index contributed by atoms with van der Waals surface area (Å²) < 4.78 is 0. The van der Waals surface area contributed by atoms with Gasteiger partial charge in [0.05, 0.1) is 11.9 Å². The maximum absolute atomic E-state index is 9.64. The van der Waals surface area contributed by atoms with Crippen molar-refractivity contribution in [2.75, 3.05) is 0 Å². The van der Waals surface area contributed by atoms with Gasteiger partial charge in [0.1, 0.15) is 5.75 Å². The zero-order valence-corrected chi connectivity index (χ0v) is 19.3. The number of hydrogen-bond acceptors (Lipinski definition) is 5. The average molecular weight is 433 g/mol. The Bertz CT molecular complexity index is 821. The van der Waals surface area contributed by atoms with Crippen LogP contribution in [0.2, 0.25) is 0 Å². The number of benzene rings is 2. The molecule has 0 spiro atoms. The largest absolute Gasteiger partial charge is 2.00 e. The summed E-state index contributed by atoms with van der Waals surface area (Å²) in [4.78, 5) is 19.3. The molecule has 2 rings (SSSR count). The summed E-state index contributed by atoms with van der Waals surface area (Å²) >= 11 is 0. The molecule has 0 radical (unpaired) electrons. The van der Waals surface area contributed by atoms with Crippen LogP contribution in [-0.4, -0.2) is 54.8 Å². The Kier molecular flexibility index (Phi) is 19.4. The third kappa shape index (κ3) is 16.4. The van der Waals surface area contributed by atoms with Crippen LogP contribution < -0.4 is 10.2 Å². The molecule has 0 saturated heterocycles. The molecule has 0 aromatic heterocycles. The molecule has 1 N–H and O–H groups in total. The van der Waals surface area contributed by atoms with Gasteiger partial charge in [0.15, 0.2) is 0 Å². The van der Waals surface area contributed by atoms with Gasteiger partial charge in [0.25, 0.3) is 0 Å². The summed E-state index contributed by atoms with van der Waals surface area (Å²) in [5.74, 6) is -2.00. The van der Waals surface area contributed by atoms with Crippen LogP contribution in [-0.2, 0) is 9.59 Å². The van der Waals surface area contributed by atoms with Crippen molar-refractivity contribution in [3.63, 3.8) is 0 Å². The Labute approximate surface area is 207 Å². The normalized spacial score (nSPS) is 10.2. The predicted octanol–water partition coefficient (Wildman–Crippen LogP) is 2.42. The van der Waals surface area contributed by atoms with E-state index in [1.165, 1.54) is 12.2 Å². The van der Waals surface area contributed by atoms with Gasteiger partial charge in [-0.25, -0.2) is 0 Å². The summed E-state index contributed by atoms with van der Waals surface area (Å²) in [6.07, 6.45) is 11.5. The summed E-state index contributed by atoms with van der Waals surface area (Å²) in [5.41, 5.74) is 1.92. The molecule has 0 amide bonds. The molecular weight excluding hydrogens is 408 g/mol. The zero-order valence-electron chi connectivity index (χ0n) is 17.1. The van der Waals surface area contributed by atoms with Gasteiger partial charge in [-0.3, -0.25) is 0 Å². The van der Waals surface area contributed by atoms with E-state index >= 15 is 0 Å². The van der Waals surface area contributed by atoms with E-state index in [1.807, 2.05) is 48.5 Å². The van der Waals surface area contributed by atoms with Crippen molar-refractivity contribution in [3.8, 4) is 16.9 Å². The van der Waals surface area contributed by atoms with Crippen LogP contribution in [0.25, 0.3) is 11.1 Å². The Morgan fingerprint density at radius 3 is 1.57 bits per heavy atom. The van der Waals surface area contributed by atoms with E-state index in [2.05, 4.69) is 0 Å². The molecule has 0 aliphatic heterocycles. The van der Waals surface area contributed by atoms with Crippen LogP contribution in [0.5, 0.6) is 5.75 Å². The SMILES string of the molecule is CC=CC=CC(=O)[O-].CC=CC=CC(=O)[O-].Oc1ccccc1-c1ccccc1.[Ca+2]. The van der Waals surface area contributed by atoms with Crippen LogP contribution in [0.3, 0.4) is 0 Å². The number of hydrogen-bond donors (Lipinski definition) is 1. The number of aliphatic carboxylic acids is 2.